The summed E-state index contributed by atoms with van der Waals surface area (Å²) >= 11 is 12.8. The lowest BCUT2D eigenvalue weighted by atomic mass is 10.2. The summed E-state index contributed by atoms with van der Waals surface area (Å²) in [4.78, 5) is 0. The van der Waals surface area contributed by atoms with Gasteiger partial charge < -0.3 is 5.32 Å². The van der Waals surface area contributed by atoms with E-state index in [1.54, 1.807) is 6.07 Å². The van der Waals surface area contributed by atoms with Gasteiger partial charge in [0.1, 0.15) is 5.82 Å². The van der Waals surface area contributed by atoms with Crippen molar-refractivity contribution in [2.75, 3.05) is 0 Å². The maximum Gasteiger partial charge on any atom is 0.123 e. The first kappa shape index (κ1) is 15.0. The van der Waals surface area contributed by atoms with Crippen LogP contribution in [0.2, 0.25) is 5.02 Å². The van der Waals surface area contributed by atoms with Gasteiger partial charge in [0.05, 0.1) is 0 Å². The minimum atomic E-state index is -0.232. The van der Waals surface area contributed by atoms with Gasteiger partial charge in [0.15, 0.2) is 0 Å². The van der Waals surface area contributed by atoms with Gasteiger partial charge in [0.2, 0.25) is 0 Å². The molecule has 2 aromatic carbocycles. The summed E-state index contributed by atoms with van der Waals surface area (Å²) < 4.78 is 15.0. The third kappa shape index (κ3) is 4.28. The molecule has 0 radical (unpaired) electrons. The van der Waals surface area contributed by atoms with Crippen LogP contribution in [0, 0.1) is 5.82 Å². The zero-order valence-electron chi connectivity index (χ0n) is 9.89. The van der Waals surface area contributed by atoms with Crippen molar-refractivity contribution in [2.24, 2.45) is 0 Å². The molecule has 0 spiro atoms. The van der Waals surface area contributed by atoms with Crippen molar-refractivity contribution in [1.82, 2.24) is 5.32 Å². The highest BCUT2D eigenvalue weighted by atomic mass is 79.9. The Morgan fingerprint density at radius 3 is 2.21 bits per heavy atom. The van der Waals surface area contributed by atoms with Gasteiger partial charge in [-0.25, -0.2) is 4.39 Å². The molecule has 0 amide bonds. The molecular weight excluding hydrogens is 396 g/mol. The van der Waals surface area contributed by atoms with E-state index < -0.39 is 0 Å². The van der Waals surface area contributed by atoms with Crippen LogP contribution in [-0.4, -0.2) is 0 Å². The molecule has 0 saturated heterocycles. The van der Waals surface area contributed by atoms with Crippen molar-refractivity contribution in [3.8, 4) is 0 Å². The molecular formula is C14H11Br2ClFN. The minimum absolute atomic E-state index is 0.232. The first-order chi connectivity index (χ1) is 9.06. The molecule has 0 unspecified atom stereocenters. The van der Waals surface area contributed by atoms with Crippen LogP contribution in [0.5, 0.6) is 0 Å². The summed E-state index contributed by atoms with van der Waals surface area (Å²) in [6.45, 7) is 1.24. The van der Waals surface area contributed by atoms with Gasteiger partial charge >= 0.3 is 0 Å². The first-order valence-electron chi connectivity index (χ1n) is 5.65. The van der Waals surface area contributed by atoms with E-state index in [0.717, 1.165) is 20.1 Å². The van der Waals surface area contributed by atoms with Gasteiger partial charge in [-0.3, -0.25) is 0 Å². The maximum absolute atomic E-state index is 13.1. The van der Waals surface area contributed by atoms with Crippen molar-refractivity contribution in [3.05, 3.63) is 67.3 Å². The third-order valence-corrected chi connectivity index (χ3v) is 4.43. The number of halogens is 4. The predicted molar refractivity (Wildman–Crippen MR) is 83.8 cm³/mol. The monoisotopic (exact) mass is 405 g/mol. The molecule has 0 atom stereocenters. The molecule has 2 aromatic rings. The highest BCUT2D eigenvalue weighted by molar-refractivity contribution is 9.10. The van der Waals surface area contributed by atoms with E-state index in [1.807, 2.05) is 18.2 Å². The topological polar surface area (TPSA) is 12.0 Å². The van der Waals surface area contributed by atoms with Gasteiger partial charge in [-0.15, -0.1) is 0 Å². The van der Waals surface area contributed by atoms with Crippen LogP contribution in [-0.2, 0) is 13.1 Å². The van der Waals surface area contributed by atoms with Gasteiger partial charge in [-0.05, 0) is 47.5 Å². The Bertz CT molecular complexity index is 538. The van der Waals surface area contributed by atoms with Crippen LogP contribution in [0.15, 0.2) is 45.3 Å². The van der Waals surface area contributed by atoms with Gasteiger partial charge in [0.25, 0.3) is 0 Å². The van der Waals surface area contributed by atoms with Crippen LogP contribution in [0.4, 0.5) is 4.39 Å². The number of hydrogen-bond donors (Lipinski definition) is 1. The largest absolute Gasteiger partial charge is 0.309 e. The molecule has 100 valence electrons. The number of rotatable bonds is 4. The Morgan fingerprint density at radius 2 is 1.53 bits per heavy atom. The molecule has 1 nitrogen and oxygen atoms in total. The van der Waals surface area contributed by atoms with Crippen molar-refractivity contribution in [3.63, 3.8) is 0 Å². The van der Waals surface area contributed by atoms with Gasteiger partial charge in [-0.1, -0.05) is 43.5 Å². The standard InChI is InChI=1S/C14H11Br2ClFN/c15-13-3-1-11(17)5-9(13)7-19-8-10-6-12(18)2-4-14(10)16/h1-6,19H,7-8H2. The van der Waals surface area contributed by atoms with E-state index in [4.69, 9.17) is 11.6 Å². The predicted octanol–water partition coefficient (Wildman–Crippen LogP) is 5.29. The zero-order chi connectivity index (χ0) is 13.8. The van der Waals surface area contributed by atoms with Crippen LogP contribution in [0.1, 0.15) is 11.1 Å². The number of benzene rings is 2. The van der Waals surface area contributed by atoms with Crippen LogP contribution in [0.3, 0.4) is 0 Å². The SMILES string of the molecule is Fc1ccc(Br)c(CNCc2cc(Cl)ccc2Br)c1. The summed E-state index contributed by atoms with van der Waals surface area (Å²) in [5, 5.41) is 3.97. The summed E-state index contributed by atoms with van der Waals surface area (Å²) in [5.41, 5.74) is 1.96. The highest BCUT2D eigenvalue weighted by Gasteiger charge is 2.04. The molecule has 1 N–H and O–H groups in total. The molecule has 2 rings (SSSR count). The molecule has 0 aliphatic carbocycles. The average Bonchev–Trinajstić information content (AvgIpc) is 2.38. The van der Waals surface area contributed by atoms with Crippen molar-refractivity contribution >= 4 is 43.5 Å². The average molecular weight is 408 g/mol. The quantitative estimate of drug-likeness (QED) is 0.726. The Balaban J connectivity index is 2.00. The molecule has 0 aromatic heterocycles. The van der Waals surface area contributed by atoms with Crippen LogP contribution in [0.25, 0.3) is 0 Å². The number of hydrogen-bond acceptors (Lipinski definition) is 1. The van der Waals surface area contributed by atoms with E-state index in [9.17, 15) is 4.39 Å². The van der Waals surface area contributed by atoms with Crippen molar-refractivity contribution in [2.45, 2.75) is 13.1 Å². The minimum Gasteiger partial charge on any atom is -0.309 e. The molecule has 0 saturated carbocycles. The normalized spacial score (nSPS) is 10.7. The van der Waals surface area contributed by atoms with Crippen LogP contribution < -0.4 is 5.32 Å². The Hall–Kier alpha value is -0.420. The van der Waals surface area contributed by atoms with E-state index in [1.165, 1.54) is 12.1 Å². The Morgan fingerprint density at radius 1 is 0.947 bits per heavy atom. The maximum atomic E-state index is 13.1. The van der Waals surface area contributed by atoms with E-state index in [2.05, 4.69) is 37.2 Å². The molecule has 0 aliphatic rings. The lowest BCUT2D eigenvalue weighted by molar-refractivity contribution is 0.619. The van der Waals surface area contributed by atoms with Crippen molar-refractivity contribution in [1.29, 1.82) is 0 Å². The second-order valence-electron chi connectivity index (χ2n) is 4.08. The molecule has 19 heavy (non-hydrogen) atoms. The third-order valence-electron chi connectivity index (χ3n) is 2.65. The van der Waals surface area contributed by atoms with Crippen LogP contribution >= 0.6 is 43.5 Å². The molecule has 5 heteroatoms. The molecule has 0 heterocycles. The molecule has 0 bridgehead atoms. The fourth-order valence-electron chi connectivity index (χ4n) is 1.69. The fraction of sp³-hybridized carbons (Fsp3) is 0.143. The summed E-state index contributed by atoms with van der Waals surface area (Å²) in [7, 11) is 0. The molecule has 0 aliphatic heterocycles. The fourth-order valence-corrected chi connectivity index (χ4v) is 2.66. The summed E-state index contributed by atoms with van der Waals surface area (Å²) in [6, 6.07) is 10.3. The lowest BCUT2D eigenvalue weighted by Gasteiger charge is -2.09. The van der Waals surface area contributed by atoms with Gasteiger partial charge in [0, 0.05) is 27.1 Å². The molecule has 0 fully saturated rings. The summed E-state index contributed by atoms with van der Waals surface area (Å²) in [5.74, 6) is -0.232. The number of nitrogens with one attached hydrogen (secondary N) is 1. The highest BCUT2D eigenvalue weighted by Crippen LogP contribution is 2.22. The Labute approximate surface area is 133 Å². The van der Waals surface area contributed by atoms with E-state index in [-0.39, 0.29) is 5.82 Å². The Kier molecular flexibility index (Phi) is 5.39. The second kappa shape index (κ2) is 6.84. The smallest absolute Gasteiger partial charge is 0.123 e. The summed E-state index contributed by atoms with van der Waals surface area (Å²) in [6.07, 6.45) is 0. The van der Waals surface area contributed by atoms with Crippen molar-refractivity contribution < 1.29 is 4.39 Å². The van der Waals surface area contributed by atoms with E-state index in [0.29, 0.717) is 18.1 Å². The van der Waals surface area contributed by atoms with Gasteiger partial charge in [-0.2, -0.15) is 0 Å². The lowest BCUT2D eigenvalue weighted by Crippen LogP contribution is -2.13. The van der Waals surface area contributed by atoms with E-state index >= 15 is 0 Å². The zero-order valence-corrected chi connectivity index (χ0v) is 13.8. The first-order valence-corrected chi connectivity index (χ1v) is 7.61. The second-order valence-corrected chi connectivity index (χ2v) is 6.22.